The van der Waals surface area contributed by atoms with Crippen LogP contribution >= 0.6 is 0 Å². The molecule has 3 aromatic rings. The summed E-state index contributed by atoms with van der Waals surface area (Å²) in [4.78, 5) is 6.68. The lowest BCUT2D eigenvalue weighted by Crippen LogP contribution is -2.20. The van der Waals surface area contributed by atoms with E-state index in [1.165, 1.54) is 47.5 Å². The van der Waals surface area contributed by atoms with Crippen molar-refractivity contribution < 1.29 is 0 Å². The number of hydrogen-bond donors (Lipinski definition) is 1. The van der Waals surface area contributed by atoms with Gasteiger partial charge in [0, 0.05) is 31.5 Å². The topological polar surface area (TPSA) is 49.7 Å². The number of nitrogens with zero attached hydrogens (tertiary/aromatic N) is 4. The smallest absolute Gasteiger partial charge is 0.0951 e. The molecule has 130 valence electrons. The molecule has 0 bridgehead atoms. The molecular formula is C20H25N5. The van der Waals surface area contributed by atoms with Crippen LogP contribution in [0.4, 0.5) is 0 Å². The lowest BCUT2D eigenvalue weighted by molar-refractivity contribution is 0.305. The molecule has 0 saturated heterocycles. The Kier molecular flexibility index (Phi) is 4.65. The summed E-state index contributed by atoms with van der Waals surface area (Å²) < 4.78 is 2.23. The first kappa shape index (κ1) is 16.1. The van der Waals surface area contributed by atoms with Crippen LogP contribution in [0.25, 0.3) is 0 Å². The Morgan fingerprint density at radius 1 is 1.12 bits per heavy atom. The zero-order valence-corrected chi connectivity index (χ0v) is 14.8. The van der Waals surface area contributed by atoms with E-state index >= 15 is 0 Å². The Morgan fingerprint density at radius 3 is 2.84 bits per heavy atom. The number of rotatable bonds is 6. The van der Waals surface area contributed by atoms with Crippen LogP contribution in [0.5, 0.6) is 0 Å². The monoisotopic (exact) mass is 335 g/mol. The SMILES string of the molecule is CN(Cc1n[nH]c2c1CCCC2)Cc1cncn1Cc1ccccc1. The van der Waals surface area contributed by atoms with E-state index in [2.05, 4.69) is 62.0 Å². The van der Waals surface area contributed by atoms with Gasteiger partial charge in [0.15, 0.2) is 0 Å². The number of benzene rings is 1. The molecule has 0 radical (unpaired) electrons. The number of H-pyrrole nitrogens is 1. The lowest BCUT2D eigenvalue weighted by atomic mass is 9.96. The van der Waals surface area contributed by atoms with E-state index in [-0.39, 0.29) is 0 Å². The largest absolute Gasteiger partial charge is 0.329 e. The third-order valence-electron chi connectivity index (χ3n) is 4.99. The van der Waals surface area contributed by atoms with Crippen molar-refractivity contribution in [1.82, 2.24) is 24.6 Å². The second kappa shape index (κ2) is 7.23. The minimum Gasteiger partial charge on any atom is -0.329 e. The van der Waals surface area contributed by atoms with Gasteiger partial charge in [0.25, 0.3) is 0 Å². The number of aromatic nitrogens is 4. The van der Waals surface area contributed by atoms with E-state index in [1.54, 1.807) is 0 Å². The number of hydrogen-bond acceptors (Lipinski definition) is 3. The van der Waals surface area contributed by atoms with Crippen LogP contribution < -0.4 is 0 Å². The van der Waals surface area contributed by atoms with Gasteiger partial charge in [0.05, 0.1) is 17.7 Å². The van der Waals surface area contributed by atoms with Gasteiger partial charge in [-0.15, -0.1) is 0 Å². The number of fused-ring (bicyclic) bond motifs is 1. The molecule has 1 aromatic carbocycles. The molecule has 2 heterocycles. The van der Waals surface area contributed by atoms with Gasteiger partial charge in [-0.1, -0.05) is 30.3 Å². The number of aromatic amines is 1. The number of nitrogens with one attached hydrogen (secondary N) is 1. The highest BCUT2D eigenvalue weighted by Crippen LogP contribution is 2.23. The maximum absolute atomic E-state index is 4.57. The summed E-state index contributed by atoms with van der Waals surface area (Å²) in [6, 6.07) is 10.5. The minimum atomic E-state index is 0.863. The van der Waals surface area contributed by atoms with Crippen LogP contribution in [0.1, 0.15) is 41.1 Å². The van der Waals surface area contributed by atoms with Crippen LogP contribution in [0.15, 0.2) is 42.9 Å². The molecule has 5 heteroatoms. The molecule has 25 heavy (non-hydrogen) atoms. The summed E-state index contributed by atoms with van der Waals surface area (Å²) in [6.07, 6.45) is 8.78. The van der Waals surface area contributed by atoms with Crippen LogP contribution in [0, 0.1) is 0 Å². The highest BCUT2D eigenvalue weighted by atomic mass is 15.2. The van der Waals surface area contributed by atoms with Gasteiger partial charge in [-0.25, -0.2) is 4.98 Å². The van der Waals surface area contributed by atoms with Gasteiger partial charge in [0.1, 0.15) is 0 Å². The predicted molar refractivity (Wildman–Crippen MR) is 98.2 cm³/mol. The first-order chi connectivity index (χ1) is 12.3. The summed E-state index contributed by atoms with van der Waals surface area (Å²) in [5, 5.41) is 7.81. The van der Waals surface area contributed by atoms with Gasteiger partial charge in [-0.05, 0) is 43.9 Å². The van der Waals surface area contributed by atoms with Crippen molar-refractivity contribution in [2.75, 3.05) is 7.05 Å². The average Bonchev–Trinajstić information content (AvgIpc) is 3.23. The molecule has 0 amide bonds. The van der Waals surface area contributed by atoms with Crippen LogP contribution in [-0.4, -0.2) is 31.7 Å². The Balaban J connectivity index is 1.42. The summed E-state index contributed by atoms with van der Waals surface area (Å²) >= 11 is 0. The second-order valence-corrected chi connectivity index (χ2v) is 7.01. The maximum atomic E-state index is 4.57. The molecule has 0 spiro atoms. The van der Waals surface area contributed by atoms with Crippen molar-refractivity contribution in [2.24, 2.45) is 0 Å². The normalized spacial score (nSPS) is 14.0. The van der Waals surface area contributed by atoms with E-state index in [0.717, 1.165) is 26.1 Å². The van der Waals surface area contributed by atoms with Gasteiger partial charge in [0.2, 0.25) is 0 Å². The molecular weight excluding hydrogens is 310 g/mol. The molecule has 0 atom stereocenters. The van der Waals surface area contributed by atoms with E-state index in [1.807, 2.05) is 12.5 Å². The summed E-state index contributed by atoms with van der Waals surface area (Å²) in [5.41, 5.74) is 6.55. The summed E-state index contributed by atoms with van der Waals surface area (Å²) in [5.74, 6) is 0. The van der Waals surface area contributed by atoms with E-state index in [4.69, 9.17) is 0 Å². The third kappa shape index (κ3) is 3.66. The molecule has 0 saturated carbocycles. The zero-order valence-electron chi connectivity index (χ0n) is 14.8. The minimum absolute atomic E-state index is 0.863. The van der Waals surface area contributed by atoms with E-state index in [9.17, 15) is 0 Å². The molecule has 0 fully saturated rings. The fourth-order valence-corrected chi connectivity index (χ4v) is 3.67. The average molecular weight is 335 g/mol. The van der Waals surface area contributed by atoms with Crippen LogP contribution in [0.3, 0.4) is 0 Å². The first-order valence-electron chi connectivity index (χ1n) is 9.06. The third-order valence-corrected chi connectivity index (χ3v) is 4.99. The predicted octanol–water partition coefficient (Wildman–Crippen LogP) is 3.17. The highest BCUT2D eigenvalue weighted by Gasteiger charge is 2.18. The molecule has 1 N–H and O–H groups in total. The Bertz CT molecular complexity index is 818. The van der Waals surface area contributed by atoms with Gasteiger partial charge in [-0.2, -0.15) is 5.10 Å². The van der Waals surface area contributed by atoms with Gasteiger partial charge in [-0.3, -0.25) is 10.00 Å². The maximum Gasteiger partial charge on any atom is 0.0951 e. The van der Waals surface area contributed by atoms with Crippen LogP contribution in [-0.2, 0) is 32.5 Å². The Labute approximate surface area is 148 Å². The lowest BCUT2D eigenvalue weighted by Gasteiger charge is -2.18. The number of aryl methyl sites for hydroxylation is 1. The van der Waals surface area contributed by atoms with Gasteiger partial charge < -0.3 is 4.57 Å². The fourth-order valence-electron chi connectivity index (χ4n) is 3.67. The molecule has 1 aliphatic carbocycles. The highest BCUT2D eigenvalue weighted by molar-refractivity contribution is 5.27. The van der Waals surface area contributed by atoms with E-state index in [0.29, 0.717) is 0 Å². The molecule has 0 aliphatic heterocycles. The van der Waals surface area contributed by atoms with Gasteiger partial charge >= 0.3 is 0 Å². The summed E-state index contributed by atoms with van der Waals surface area (Å²) in [6.45, 7) is 2.61. The zero-order chi connectivity index (χ0) is 17.1. The first-order valence-corrected chi connectivity index (χ1v) is 9.06. The van der Waals surface area contributed by atoms with Crippen molar-refractivity contribution in [3.8, 4) is 0 Å². The molecule has 5 nitrogen and oxygen atoms in total. The van der Waals surface area contributed by atoms with Crippen molar-refractivity contribution >= 4 is 0 Å². The Hall–Kier alpha value is -2.40. The van der Waals surface area contributed by atoms with Crippen LogP contribution in [0.2, 0.25) is 0 Å². The Morgan fingerprint density at radius 2 is 1.96 bits per heavy atom. The van der Waals surface area contributed by atoms with Crippen molar-refractivity contribution in [3.63, 3.8) is 0 Å². The molecule has 1 aliphatic rings. The molecule has 2 aromatic heterocycles. The molecule has 4 rings (SSSR count). The molecule has 0 unspecified atom stereocenters. The van der Waals surface area contributed by atoms with Crippen molar-refractivity contribution in [3.05, 3.63) is 71.1 Å². The standard InChI is InChI=1S/C20H25N5/c1-24(14-20-18-9-5-6-10-19(18)22-23-20)13-17-11-21-15-25(17)12-16-7-3-2-4-8-16/h2-4,7-8,11,15H,5-6,9-10,12-14H2,1H3,(H,22,23). The van der Waals surface area contributed by atoms with E-state index < -0.39 is 0 Å². The van der Waals surface area contributed by atoms with Crippen molar-refractivity contribution in [1.29, 1.82) is 0 Å². The van der Waals surface area contributed by atoms with Crippen molar-refractivity contribution in [2.45, 2.75) is 45.3 Å². The number of imidazole rings is 1. The quantitative estimate of drug-likeness (QED) is 0.753. The fraction of sp³-hybridized carbons (Fsp3) is 0.400. The summed E-state index contributed by atoms with van der Waals surface area (Å²) in [7, 11) is 2.16. The second-order valence-electron chi connectivity index (χ2n) is 7.01.